The van der Waals surface area contributed by atoms with E-state index in [4.69, 9.17) is 10.8 Å². The van der Waals surface area contributed by atoms with Gasteiger partial charge in [-0.15, -0.1) is 0 Å². The van der Waals surface area contributed by atoms with E-state index in [-0.39, 0.29) is 17.1 Å². The molecule has 1 heterocycles. The van der Waals surface area contributed by atoms with Crippen molar-refractivity contribution in [1.29, 1.82) is 0 Å². The molecule has 1 aromatic heterocycles. The molecule has 2 rings (SSSR count). The summed E-state index contributed by atoms with van der Waals surface area (Å²) in [5.74, 6) is -1.78. The lowest BCUT2D eigenvalue weighted by Crippen LogP contribution is -1.99. The number of halogens is 1. The van der Waals surface area contributed by atoms with Gasteiger partial charge in [0.2, 0.25) is 11.6 Å². The van der Waals surface area contributed by atoms with Crippen molar-refractivity contribution in [3.8, 4) is 11.1 Å². The fraction of sp³-hybridized carbons (Fsp3) is 0. The predicted octanol–water partition coefficient (Wildman–Crippen LogP) is 1.76. The molecule has 1 aromatic carbocycles. The fourth-order valence-electron chi connectivity index (χ4n) is 1.34. The number of carbonyl (C=O) groups is 1. The number of nitrogens with zero attached hydrogens (tertiary/aromatic N) is 1. The van der Waals surface area contributed by atoms with Crippen molar-refractivity contribution < 1.29 is 18.8 Å². The van der Waals surface area contributed by atoms with E-state index in [1.807, 2.05) is 0 Å². The third-order valence-corrected chi connectivity index (χ3v) is 2.05. The van der Waals surface area contributed by atoms with Gasteiger partial charge in [-0.3, -0.25) is 0 Å². The molecule has 0 spiro atoms. The van der Waals surface area contributed by atoms with Crippen LogP contribution in [0.4, 0.5) is 10.3 Å². The van der Waals surface area contributed by atoms with Gasteiger partial charge >= 0.3 is 5.97 Å². The second-order valence-corrected chi connectivity index (χ2v) is 3.08. The zero-order valence-electron chi connectivity index (χ0n) is 7.98. The average Bonchev–Trinajstić information content (AvgIpc) is 2.62. The zero-order chi connectivity index (χ0) is 11.7. The number of anilines is 1. The molecule has 16 heavy (non-hydrogen) atoms. The smallest absolute Gasteiger partial charge is 0.358 e. The van der Waals surface area contributed by atoms with E-state index in [9.17, 15) is 9.18 Å². The molecule has 6 heteroatoms. The maximum Gasteiger partial charge on any atom is 0.358 e. The Morgan fingerprint density at radius 3 is 2.56 bits per heavy atom. The number of aromatic nitrogens is 1. The van der Waals surface area contributed by atoms with Gasteiger partial charge in [-0.2, -0.15) is 0 Å². The highest BCUT2D eigenvalue weighted by molar-refractivity contribution is 5.96. The third-order valence-electron chi connectivity index (χ3n) is 2.05. The number of hydrogen-bond donors (Lipinski definition) is 2. The van der Waals surface area contributed by atoms with E-state index in [0.717, 1.165) is 0 Å². The lowest BCUT2D eigenvalue weighted by Gasteiger charge is -1.99. The van der Waals surface area contributed by atoms with Gasteiger partial charge in [-0.25, -0.2) is 9.18 Å². The summed E-state index contributed by atoms with van der Waals surface area (Å²) in [6.45, 7) is 0. The molecular weight excluding hydrogens is 215 g/mol. The summed E-state index contributed by atoms with van der Waals surface area (Å²) in [5, 5.41) is 12.2. The van der Waals surface area contributed by atoms with Gasteiger partial charge in [0.05, 0.1) is 5.56 Å². The van der Waals surface area contributed by atoms with Crippen molar-refractivity contribution in [3.05, 3.63) is 35.8 Å². The van der Waals surface area contributed by atoms with Crippen LogP contribution in [0, 0.1) is 5.82 Å². The van der Waals surface area contributed by atoms with Crippen molar-refractivity contribution in [2.75, 3.05) is 5.73 Å². The van der Waals surface area contributed by atoms with Gasteiger partial charge in [0.25, 0.3) is 0 Å². The first-order valence-electron chi connectivity index (χ1n) is 4.34. The Balaban J connectivity index is 2.58. The standard InChI is InChI=1S/C10H7FN2O3/c11-6-3-1-5(2-4-6)7-8(10(14)15)13-16-9(7)12/h1-4H,12H2,(H,14,15). The van der Waals surface area contributed by atoms with Gasteiger partial charge in [0.1, 0.15) is 5.82 Å². The molecule has 0 radical (unpaired) electrons. The molecule has 0 saturated heterocycles. The normalized spacial score (nSPS) is 10.3. The number of benzene rings is 1. The number of rotatable bonds is 2. The molecule has 0 unspecified atom stereocenters. The second kappa shape index (κ2) is 3.65. The Bertz CT molecular complexity index is 533. The van der Waals surface area contributed by atoms with Crippen LogP contribution in [0.1, 0.15) is 10.5 Å². The molecule has 0 aliphatic heterocycles. The van der Waals surface area contributed by atoms with Crippen LogP contribution < -0.4 is 5.73 Å². The molecule has 82 valence electrons. The zero-order valence-corrected chi connectivity index (χ0v) is 7.98. The summed E-state index contributed by atoms with van der Waals surface area (Å²) in [6, 6.07) is 5.22. The van der Waals surface area contributed by atoms with Crippen molar-refractivity contribution in [2.24, 2.45) is 0 Å². The highest BCUT2D eigenvalue weighted by atomic mass is 19.1. The quantitative estimate of drug-likeness (QED) is 0.808. The summed E-state index contributed by atoms with van der Waals surface area (Å²) < 4.78 is 17.3. The first kappa shape index (κ1) is 10.2. The highest BCUT2D eigenvalue weighted by Crippen LogP contribution is 2.29. The average molecular weight is 222 g/mol. The molecule has 0 aliphatic carbocycles. The van der Waals surface area contributed by atoms with Crippen molar-refractivity contribution in [3.63, 3.8) is 0 Å². The van der Waals surface area contributed by atoms with Crippen LogP contribution in [-0.4, -0.2) is 16.2 Å². The van der Waals surface area contributed by atoms with Crippen LogP contribution in [-0.2, 0) is 0 Å². The van der Waals surface area contributed by atoms with Crippen molar-refractivity contribution in [2.45, 2.75) is 0 Å². The lowest BCUT2D eigenvalue weighted by atomic mass is 10.1. The SMILES string of the molecule is Nc1onc(C(=O)O)c1-c1ccc(F)cc1. The number of carboxylic acids is 1. The monoisotopic (exact) mass is 222 g/mol. The Hall–Kier alpha value is -2.37. The molecule has 3 N–H and O–H groups in total. The van der Waals surface area contributed by atoms with Crippen LogP contribution >= 0.6 is 0 Å². The lowest BCUT2D eigenvalue weighted by molar-refractivity contribution is 0.0686. The van der Waals surface area contributed by atoms with E-state index in [2.05, 4.69) is 9.68 Å². The summed E-state index contributed by atoms with van der Waals surface area (Å²) in [5.41, 5.74) is 5.78. The molecule has 0 aliphatic rings. The molecule has 0 saturated carbocycles. The minimum absolute atomic E-state index is 0.107. The largest absolute Gasteiger partial charge is 0.476 e. The third kappa shape index (κ3) is 1.60. The maximum absolute atomic E-state index is 12.7. The minimum atomic E-state index is -1.25. The number of hydrogen-bond acceptors (Lipinski definition) is 4. The van der Waals surface area contributed by atoms with E-state index >= 15 is 0 Å². The number of carboxylic acid groups (broad SMARTS) is 1. The van der Waals surface area contributed by atoms with Crippen molar-refractivity contribution >= 4 is 11.9 Å². The van der Waals surface area contributed by atoms with Crippen molar-refractivity contribution in [1.82, 2.24) is 5.16 Å². The molecule has 0 bridgehead atoms. The highest BCUT2D eigenvalue weighted by Gasteiger charge is 2.21. The first-order chi connectivity index (χ1) is 7.59. The van der Waals surface area contributed by atoms with Crippen LogP contribution in [0.15, 0.2) is 28.8 Å². The molecule has 5 nitrogen and oxygen atoms in total. The van der Waals surface area contributed by atoms with E-state index < -0.39 is 11.8 Å². The fourth-order valence-corrected chi connectivity index (χ4v) is 1.34. The topological polar surface area (TPSA) is 89.4 Å². The molecular formula is C10H7FN2O3. The van der Waals surface area contributed by atoms with E-state index in [1.165, 1.54) is 24.3 Å². The van der Waals surface area contributed by atoms with E-state index in [0.29, 0.717) is 5.56 Å². The number of aromatic carboxylic acids is 1. The maximum atomic E-state index is 12.7. The number of nitrogen functional groups attached to an aromatic ring is 1. The van der Waals surface area contributed by atoms with Gasteiger partial charge < -0.3 is 15.4 Å². The summed E-state index contributed by atoms with van der Waals surface area (Å²) in [6.07, 6.45) is 0. The Morgan fingerprint density at radius 2 is 2.00 bits per heavy atom. The predicted molar refractivity (Wildman–Crippen MR) is 53.3 cm³/mol. The van der Waals surface area contributed by atoms with Crippen LogP contribution in [0.25, 0.3) is 11.1 Å². The van der Waals surface area contributed by atoms with Gasteiger partial charge in [-0.05, 0) is 17.7 Å². The number of nitrogens with two attached hydrogens (primary N) is 1. The van der Waals surface area contributed by atoms with Crippen LogP contribution in [0.5, 0.6) is 0 Å². The molecule has 0 atom stereocenters. The summed E-state index contributed by atoms with van der Waals surface area (Å²) in [7, 11) is 0. The van der Waals surface area contributed by atoms with Gasteiger partial charge in [0, 0.05) is 0 Å². The molecule has 2 aromatic rings. The Kier molecular flexibility index (Phi) is 2.32. The Morgan fingerprint density at radius 1 is 1.38 bits per heavy atom. The van der Waals surface area contributed by atoms with E-state index in [1.54, 1.807) is 0 Å². The van der Waals surface area contributed by atoms with Gasteiger partial charge in [0.15, 0.2) is 0 Å². The van der Waals surface area contributed by atoms with Crippen LogP contribution in [0.2, 0.25) is 0 Å². The molecule has 0 fully saturated rings. The second-order valence-electron chi connectivity index (χ2n) is 3.08. The minimum Gasteiger partial charge on any atom is -0.476 e. The first-order valence-corrected chi connectivity index (χ1v) is 4.34. The molecule has 0 amide bonds. The summed E-state index contributed by atoms with van der Waals surface area (Å²) in [4.78, 5) is 10.8. The van der Waals surface area contributed by atoms with Gasteiger partial charge in [-0.1, -0.05) is 17.3 Å². The Labute approximate surface area is 89.3 Å². The summed E-state index contributed by atoms with van der Waals surface area (Å²) >= 11 is 0. The van der Waals surface area contributed by atoms with Crippen LogP contribution in [0.3, 0.4) is 0 Å².